The van der Waals surface area contributed by atoms with E-state index in [9.17, 15) is 8.42 Å². The Morgan fingerprint density at radius 1 is 0.821 bits per heavy atom. The van der Waals surface area contributed by atoms with Crippen LogP contribution in [0.5, 0.6) is 0 Å². The van der Waals surface area contributed by atoms with Crippen LogP contribution in [0.3, 0.4) is 0 Å². The molecule has 0 aliphatic carbocycles. The maximum atomic E-state index is 13.3. The number of anilines is 3. The molecule has 1 fully saturated rings. The van der Waals surface area contributed by atoms with Crippen molar-refractivity contribution in [2.75, 3.05) is 47.9 Å². The number of benzene rings is 2. The number of halogens is 2. The first-order valence-corrected chi connectivity index (χ1v) is 10.5. The Bertz CT molecular complexity index is 861. The quantitative estimate of drug-likeness (QED) is 0.769. The molecule has 9 heteroatoms. The van der Waals surface area contributed by atoms with Crippen LogP contribution in [0.25, 0.3) is 0 Å². The fourth-order valence-electron chi connectivity index (χ4n) is 3.64. The smallest absolute Gasteiger partial charge is 0.314 e. The van der Waals surface area contributed by atoms with E-state index in [2.05, 4.69) is 10.2 Å². The van der Waals surface area contributed by atoms with Gasteiger partial charge in [0, 0.05) is 32.7 Å². The van der Waals surface area contributed by atoms with Crippen LogP contribution in [0.4, 0.5) is 17.1 Å². The maximum absolute atomic E-state index is 13.3. The van der Waals surface area contributed by atoms with Crippen molar-refractivity contribution in [1.82, 2.24) is 10.2 Å². The molecule has 2 aliphatic rings. The van der Waals surface area contributed by atoms with Crippen molar-refractivity contribution in [1.29, 1.82) is 0 Å². The zero-order valence-electron chi connectivity index (χ0n) is 15.5. The fraction of sp³-hybridized carbons (Fsp3) is 0.368. The third-order valence-electron chi connectivity index (χ3n) is 4.91. The van der Waals surface area contributed by atoms with Gasteiger partial charge in [0.1, 0.15) is 0 Å². The van der Waals surface area contributed by atoms with Gasteiger partial charge in [-0.1, -0.05) is 30.3 Å². The summed E-state index contributed by atoms with van der Waals surface area (Å²) in [5.41, 5.74) is 2.15. The molecule has 0 radical (unpaired) electrons. The molecule has 0 aromatic heterocycles. The van der Waals surface area contributed by atoms with Gasteiger partial charge >= 0.3 is 10.2 Å². The van der Waals surface area contributed by atoms with Gasteiger partial charge in [0.25, 0.3) is 0 Å². The average molecular weight is 445 g/mol. The molecule has 1 saturated heterocycles. The molecule has 154 valence electrons. The first-order valence-electron chi connectivity index (χ1n) is 9.08. The van der Waals surface area contributed by atoms with Crippen LogP contribution in [0.1, 0.15) is 6.42 Å². The highest BCUT2D eigenvalue weighted by atomic mass is 35.5. The second-order valence-electron chi connectivity index (χ2n) is 6.61. The second-order valence-corrected chi connectivity index (χ2v) is 8.32. The molecule has 0 saturated carbocycles. The second kappa shape index (κ2) is 9.80. The van der Waals surface area contributed by atoms with E-state index >= 15 is 0 Å². The number of piperazine rings is 1. The van der Waals surface area contributed by atoms with E-state index in [0.717, 1.165) is 50.5 Å². The summed E-state index contributed by atoms with van der Waals surface area (Å²) in [5, 5.41) is 3.34. The Kier molecular flexibility index (Phi) is 7.97. The molecule has 28 heavy (non-hydrogen) atoms. The van der Waals surface area contributed by atoms with Crippen LogP contribution in [0.2, 0.25) is 0 Å². The average Bonchev–Trinajstić information content (AvgIpc) is 2.90. The van der Waals surface area contributed by atoms with Gasteiger partial charge in [-0.05, 0) is 37.2 Å². The van der Waals surface area contributed by atoms with E-state index in [4.69, 9.17) is 0 Å². The Morgan fingerprint density at radius 2 is 1.43 bits per heavy atom. The zero-order valence-corrected chi connectivity index (χ0v) is 18.0. The highest BCUT2D eigenvalue weighted by Gasteiger charge is 2.40. The summed E-state index contributed by atoms with van der Waals surface area (Å²) in [4.78, 5) is 2.39. The van der Waals surface area contributed by atoms with Gasteiger partial charge in [0.15, 0.2) is 0 Å². The van der Waals surface area contributed by atoms with Gasteiger partial charge in [-0.3, -0.25) is 4.31 Å². The van der Waals surface area contributed by atoms with Crippen LogP contribution in [-0.2, 0) is 10.2 Å². The van der Waals surface area contributed by atoms with Crippen molar-refractivity contribution in [2.45, 2.75) is 6.42 Å². The van der Waals surface area contributed by atoms with E-state index in [1.165, 1.54) is 4.31 Å². The molecular formula is C19H26Cl2N4O2S. The molecule has 0 bridgehead atoms. The van der Waals surface area contributed by atoms with Crippen molar-refractivity contribution in [3.05, 3.63) is 54.6 Å². The Morgan fingerprint density at radius 3 is 2.11 bits per heavy atom. The number of hydrogen-bond donors (Lipinski definition) is 1. The summed E-state index contributed by atoms with van der Waals surface area (Å²) in [6, 6.07) is 16.8. The first-order chi connectivity index (χ1) is 12.7. The first kappa shape index (κ1) is 22.8. The lowest BCUT2D eigenvalue weighted by molar-refractivity contribution is 0.240. The van der Waals surface area contributed by atoms with Gasteiger partial charge in [0.2, 0.25) is 0 Å². The van der Waals surface area contributed by atoms with Crippen LogP contribution in [0.15, 0.2) is 54.6 Å². The number of nitrogens with one attached hydrogen (secondary N) is 1. The van der Waals surface area contributed by atoms with Crippen molar-refractivity contribution >= 4 is 52.1 Å². The fourth-order valence-corrected chi connectivity index (χ4v) is 5.39. The molecule has 0 atom stereocenters. The predicted molar refractivity (Wildman–Crippen MR) is 120 cm³/mol. The third-order valence-corrected chi connectivity index (χ3v) is 6.72. The van der Waals surface area contributed by atoms with Gasteiger partial charge in [-0.25, -0.2) is 4.31 Å². The van der Waals surface area contributed by atoms with E-state index < -0.39 is 10.2 Å². The minimum Gasteiger partial charge on any atom is -0.314 e. The Balaban J connectivity index is 0.00000140. The minimum atomic E-state index is -3.61. The van der Waals surface area contributed by atoms with Gasteiger partial charge < -0.3 is 10.2 Å². The van der Waals surface area contributed by atoms with Crippen molar-refractivity contribution < 1.29 is 8.42 Å². The Labute approximate surface area is 179 Å². The molecule has 2 aromatic carbocycles. The molecule has 4 rings (SSSR count). The SMILES string of the molecule is Cl.Cl.O=S1(=O)N(CCCN2CCNCC2)c2ccccc2N1c1ccccc1. The molecule has 1 N–H and O–H groups in total. The molecule has 2 aromatic rings. The highest BCUT2D eigenvalue weighted by molar-refractivity contribution is 7.95. The predicted octanol–water partition coefficient (Wildman–Crippen LogP) is 3.03. The monoisotopic (exact) mass is 444 g/mol. The standard InChI is InChI=1S/C19H24N4O2S.2ClH/c24-26(25)22(14-6-13-21-15-11-20-12-16-21)18-9-4-5-10-19(18)23(26)17-7-2-1-3-8-17;;/h1-5,7-10,20H,6,11-16H2;2*1H. The van der Waals surface area contributed by atoms with Crippen LogP contribution in [-0.4, -0.2) is 52.6 Å². The summed E-state index contributed by atoms with van der Waals surface area (Å²) in [5.74, 6) is 0. The summed E-state index contributed by atoms with van der Waals surface area (Å²) in [7, 11) is -3.61. The minimum absolute atomic E-state index is 0. The van der Waals surface area contributed by atoms with E-state index in [0.29, 0.717) is 12.2 Å². The molecule has 0 spiro atoms. The van der Waals surface area contributed by atoms with E-state index in [-0.39, 0.29) is 24.8 Å². The zero-order chi connectivity index (χ0) is 18.0. The van der Waals surface area contributed by atoms with E-state index in [1.54, 1.807) is 4.31 Å². The molecule has 0 amide bonds. The summed E-state index contributed by atoms with van der Waals surface area (Å²) in [6.45, 7) is 5.48. The van der Waals surface area contributed by atoms with Crippen LogP contribution >= 0.6 is 24.8 Å². The third kappa shape index (κ3) is 4.39. The molecule has 6 nitrogen and oxygen atoms in total. The Hall–Kier alpha value is -1.51. The number of rotatable bonds is 5. The number of nitrogens with zero attached hydrogens (tertiary/aromatic N) is 3. The molecule has 2 heterocycles. The largest absolute Gasteiger partial charge is 0.330 e. The van der Waals surface area contributed by atoms with Crippen LogP contribution in [0, 0.1) is 0 Å². The lowest BCUT2D eigenvalue weighted by Crippen LogP contribution is -2.44. The number of fused-ring (bicyclic) bond motifs is 1. The summed E-state index contributed by atoms with van der Waals surface area (Å²) >= 11 is 0. The highest BCUT2D eigenvalue weighted by Crippen LogP contribution is 2.44. The normalized spacial score (nSPS) is 18.1. The lowest BCUT2D eigenvalue weighted by Gasteiger charge is -2.28. The summed E-state index contributed by atoms with van der Waals surface area (Å²) in [6.07, 6.45) is 0.816. The van der Waals surface area contributed by atoms with Gasteiger partial charge in [0.05, 0.1) is 17.1 Å². The van der Waals surface area contributed by atoms with Gasteiger partial charge in [-0.2, -0.15) is 8.42 Å². The molecular weight excluding hydrogens is 419 g/mol. The molecule has 2 aliphatic heterocycles. The topological polar surface area (TPSA) is 55.9 Å². The van der Waals surface area contributed by atoms with Crippen molar-refractivity contribution in [2.24, 2.45) is 0 Å². The van der Waals surface area contributed by atoms with Crippen molar-refractivity contribution in [3.63, 3.8) is 0 Å². The molecule has 0 unspecified atom stereocenters. The van der Waals surface area contributed by atoms with E-state index in [1.807, 2.05) is 54.6 Å². The maximum Gasteiger partial charge on any atom is 0.330 e. The van der Waals surface area contributed by atoms with Crippen molar-refractivity contribution in [3.8, 4) is 0 Å². The number of hydrogen-bond acceptors (Lipinski definition) is 4. The number of para-hydroxylation sites is 3. The van der Waals surface area contributed by atoms with Gasteiger partial charge in [-0.15, -0.1) is 24.8 Å². The summed E-state index contributed by atoms with van der Waals surface area (Å²) < 4.78 is 29.5. The van der Waals surface area contributed by atoms with Crippen LogP contribution < -0.4 is 13.9 Å². The lowest BCUT2D eigenvalue weighted by atomic mass is 10.2.